The molecule has 1 saturated heterocycles. The Bertz CT molecular complexity index is 1900. The number of hydrogen-bond donors (Lipinski definition) is 2. The third kappa shape index (κ3) is 6.66. The molecule has 46 heavy (non-hydrogen) atoms. The molecule has 0 bridgehead atoms. The number of aliphatic hydroxyl groups is 1. The number of amides is 2. The molecular weight excluding hydrogens is 619 g/mol. The molecule has 0 unspecified atom stereocenters. The van der Waals surface area contributed by atoms with E-state index < -0.39 is 18.0 Å². The number of nitrogens with one attached hydrogen (secondary N) is 1. The van der Waals surface area contributed by atoms with E-state index in [0.717, 1.165) is 11.1 Å². The molecule has 2 aromatic carbocycles. The maximum absolute atomic E-state index is 14.9. The molecule has 2 amide bonds. The molecule has 238 valence electrons. The van der Waals surface area contributed by atoms with Gasteiger partial charge < -0.3 is 29.0 Å². The summed E-state index contributed by atoms with van der Waals surface area (Å²) in [5.74, 6) is -0.540. The van der Waals surface area contributed by atoms with Crippen LogP contribution in [0.4, 0.5) is 14.9 Å². The summed E-state index contributed by atoms with van der Waals surface area (Å²) in [5.41, 5.74) is 4.01. The Hall–Kier alpha value is -4.99. The van der Waals surface area contributed by atoms with Gasteiger partial charge in [0.2, 0.25) is 5.88 Å². The van der Waals surface area contributed by atoms with Crippen molar-refractivity contribution in [1.82, 2.24) is 24.8 Å². The first-order valence-electron chi connectivity index (χ1n) is 14.3. The number of aryl methyl sites for hydroxylation is 1. The molecule has 15 heteroatoms. The van der Waals surface area contributed by atoms with Crippen LogP contribution in [0.3, 0.4) is 0 Å². The van der Waals surface area contributed by atoms with Gasteiger partial charge in [-0.15, -0.1) is 11.3 Å². The standard InChI is InChI=1S/C31H29FN6O7S/c1-17-9-20(28-24(10-17)36-27(42-2)14-34-28)29-37-23-11-21(32)25(12-26(23)46-29)44-7-8-45-31(41)35-18-3-4-22(33-13-18)30(40)38-5-6-43-16-19(38)15-39/h3-4,9-14,19,39H,5-8,15-16H2,1-2H3,(H,35,41)/t19-/m0/s1. The minimum absolute atomic E-state index is 0.00139. The molecule has 1 aliphatic rings. The van der Waals surface area contributed by atoms with Gasteiger partial charge >= 0.3 is 6.09 Å². The van der Waals surface area contributed by atoms with Crippen molar-refractivity contribution in [1.29, 1.82) is 0 Å². The van der Waals surface area contributed by atoms with Crippen molar-refractivity contribution in [3.63, 3.8) is 0 Å². The van der Waals surface area contributed by atoms with Gasteiger partial charge in [-0.2, -0.15) is 0 Å². The fraction of sp³-hybridized carbons (Fsp3) is 0.290. The minimum Gasteiger partial charge on any atom is -0.487 e. The van der Waals surface area contributed by atoms with E-state index in [1.165, 1.54) is 47.7 Å². The van der Waals surface area contributed by atoms with Gasteiger partial charge in [0.1, 0.15) is 23.9 Å². The molecule has 3 aromatic heterocycles. The molecule has 1 aliphatic heterocycles. The number of nitrogens with zero attached hydrogens (tertiary/aromatic N) is 5. The lowest BCUT2D eigenvalue weighted by Gasteiger charge is -2.34. The van der Waals surface area contributed by atoms with Crippen LogP contribution >= 0.6 is 11.3 Å². The number of aliphatic hydroxyl groups excluding tert-OH is 1. The number of carbonyl (C=O) groups is 2. The van der Waals surface area contributed by atoms with Crippen LogP contribution in [-0.4, -0.2) is 94.7 Å². The zero-order chi connectivity index (χ0) is 32.2. The molecule has 4 heterocycles. The Morgan fingerprint density at radius 1 is 1.13 bits per heavy atom. The largest absolute Gasteiger partial charge is 0.487 e. The Morgan fingerprint density at radius 2 is 2.00 bits per heavy atom. The number of morpholine rings is 1. The highest BCUT2D eigenvalue weighted by molar-refractivity contribution is 7.21. The van der Waals surface area contributed by atoms with Gasteiger partial charge in [0, 0.05) is 24.2 Å². The molecule has 0 saturated carbocycles. The van der Waals surface area contributed by atoms with Crippen molar-refractivity contribution >= 4 is 50.3 Å². The van der Waals surface area contributed by atoms with Crippen LogP contribution in [0.5, 0.6) is 11.6 Å². The summed E-state index contributed by atoms with van der Waals surface area (Å²) < 4.78 is 36.8. The number of fused-ring (bicyclic) bond motifs is 2. The molecule has 6 rings (SSSR count). The van der Waals surface area contributed by atoms with Crippen molar-refractivity contribution in [3.05, 3.63) is 65.9 Å². The Kier molecular flexibility index (Phi) is 9.14. The highest BCUT2D eigenvalue weighted by Crippen LogP contribution is 2.37. The van der Waals surface area contributed by atoms with Crippen molar-refractivity contribution < 1.29 is 38.0 Å². The van der Waals surface area contributed by atoms with Crippen LogP contribution in [0.1, 0.15) is 16.1 Å². The van der Waals surface area contributed by atoms with Gasteiger partial charge in [0.15, 0.2) is 11.6 Å². The third-order valence-electron chi connectivity index (χ3n) is 7.15. The minimum atomic E-state index is -0.771. The average molecular weight is 649 g/mol. The predicted octanol–water partition coefficient (Wildman–Crippen LogP) is 4.22. The lowest BCUT2D eigenvalue weighted by atomic mass is 10.1. The number of halogens is 1. The number of benzene rings is 2. The SMILES string of the molecule is COc1cnc2c(-c3nc4cc(F)c(OCCOC(=O)Nc5ccc(C(=O)N6CCOC[C@@H]6CO)nc5)cc4s3)cc(C)cc2n1. The summed E-state index contributed by atoms with van der Waals surface area (Å²) in [7, 11) is 1.53. The molecule has 13 nitrogen and oxygen atoms in total. The Labute approximate surface area is 265 Å². The van der Waals surface area contributed by atoms with Crippen LogP contribution in [0.15, 0.2) is 48.8 Å². The fourth-order valence-electron chi connectivity index (χ4n) is 4.92. The second-order valence-corrected chi connectivity index (χ2v) is 11.3. The van der Waals surface area contributed by atoms with Gasteiger partial charge in [-0.05, 0) is 36.8 Å². The Morgan fingerprint density at radius 3 is 2.78 bits per heavy atom. The number of aromatic nitrogens is 4. The second kappa shape index (κ2) is 13.6. The first-order valence-corrected chi connectivity index (χ1v) is 15.1. The summed E-state index contributed by atoms with van der Waals surface area (Å²) in [6.07, 6.45) is 2.10. The molecule has 0 radical (unpaired) electrons. The van der Waals surface area contributed by atoms with E-state index in [4.69, 9.17) is 18.9 Å². The molecule has 1 fully saturated rings. The molecule has 2 N–H and O–H groups in total. The number of carbonyl (C=O) groups excluding carboxylic acids is 2. The molecule has 5 aromatic rings. The van der Waals surface area contributed by atoms with E-state index >= 15 is 0 Å². The van der Waals surface area contributed by atoms with Crippen molar-refractivity contribution in [2.24, 2.45) is 0 Å². The number of rotatable bonds is 9. The van der Waals surface area contributed by atoms with Gasteiger partial charge in [-0.25, -0.2) is 29.1 Å². The molecular formula is C31H29FN6O7S. The number of anilines is 1. The zero-order valence-electron chi connectivity index (χ0n) is 24.9. The number of hydrogen-bond acceptors (Lipinski definition) is 12. The molecule has 0 spiro atoms. The van der Waals surface area contributed by atoms with Gasteiger partial charge in [0.05, 0.1) is 72.3 Å². The maximum Gasteiger partial charge on any atom is 0.411 e. The summed E-state index contributed by atoms with van der Waals surface area (Å²) in [6, 6.07) is 9.28. The lowest BCUT2D eigenvalue weighted by molar-refractivity contribution is -0.0186. The lowest BCUT2D eigenvalue weighted by Crippen LogP contribution is -2.50. The van der Waals surface area contributed by atoms with Crippen LogP contribution in [0.2, 0.25) is 0 Å². The van der Waals surface area contributed by atoms with Crippen LogP contribution in [-0.2, 0) is 9.47 Å². The summed E-state index contributed by atoms with van der Waals surface area (Å²) in [6.45, 7) is 2.46. The summed E-state index contributed by atoms with van der Waals surface area (Å²) in [4.78, 5) is 44.3. The predicted molar refractivity (Wildman–Crippen MR) is 167 cm³/mol. The van der Waals surface area contributed by atoms with Crippen LogP contribution in [0, 0.1) is 12.7 Å². The first-order chi connectivity index (χ1) is 22.3. The molecule has 0 aliphatic carbocycles. The van der Waals surface area contributed by atoms with E-state index in [9.17, 15) is 19.1 Å². The van der Waals surface area contributed by atoms with E-state index in [1.807, 2.05) is 19.1 Å². The van der Waals surface area contributed by atoms with Crippen LogP contribution in [0.25, 0.3) is 31.8 Å². The topological polar surface area (TPSA) is 158 Å². The van der Waals surface area contributed by atoms with E-state index in [-0.39, 0.29) is 43.8 Å². The summed E-state index contributed by atoms with van der Waals surface area (Å²) in [5, 5.41) is 12.7. The average Bonchev–Trinajstić information content (AvgIpc) is 3.48. The quantitative estimate of drug-likeness (QED) is 0.221. The van der Waals surface area contributed by atoms with E-state index in [0.29, 0.717) is 51.0 Å². The number of methoxy groups -OCH3 is 1. The second-order valence-electron chi connectivity index (χ2n) is 10.3. The van der Waals surface area contributed by atoms with Gasteiger partial charge in [-0.3, -0.25) is 10.1 Å². The normalized spacial score (nSPS) is 14.8. The third-order valence-corrected chi connectivity index (χ3v) is 8.20. The van der Waals surface area contributed by atoms with Gasteiger partial charge in [0.25, 0.3) is 5.91 Å². The van der Waals surface area contributed by atoms with E-state index in [2.05, 4.69) is 25.3 Å². The summed E-state index contributed by atoms with van der Waals surface area (Å²) >= 11 is 1.37. The van der Waals surface area contributed by atoms with Crippen molar-refractivity contribution in [3.8, 4) is 22.2 Å². The van der Waals surface area contributed by atoms with Gasteiger partial charge in [-0.1, -0.05) is 0 Å². The number of ether oxygens (including phenoxy) is 4. The van der Waals surface area contributed by atoms with Crippen molar-refractivity contribution in [2.75, 3.05) is 52.0 Å². The monoisotopic (exact) mass is 648 g/mol. The Balaban J connectivity index is 1.04. The number of thiazole rings is 1. The first kappa shape index (κ1) is 31.0. The number of pyridine rings is 1. The van der Waals surface area contributed by atoms with Crippen LogP contribution < -0.4 is 14.8 Å². The van der Waals surface area contributed by atoms with E-state index in [1.54, 1.807) is 12.3 Å². The highest BCUT2D eigenvalue weighted by atomic mass is 32.1. The molecule has 1 atom stereocenters. The smallest absolute Gasteiger partial charge is 0.411 e. The highest BCUT2D eigenvalue weighted by Gasteiger charge is 2.28. The maximum atomic E-state index is 14.9. The van der Waals surface area contributed by atoms with Crippen molar-refractivity contribution in [2.45, 2.75) is 13.0 Å². The fourth-order valence-corrected chi connectivity index (χ4v) is 5.91. The zero-order valence-corrected chi connectivity index (χ0v) is 25.7.